The van der Waals surface area contributed by atoms with E-state index in [1.165, 1.54) is 0 Å². The molecule has 6 heteroatoms. The van der Waals surface area contributed by atoms with Crippen molar-refractivity contribution in [2.75, 3.05) is 11.5 Å². The second kappa shape index (κ2) is 1.90. The fourth-order valence-corrected chi connectivity index (χ4v) is 0.502. The molecule has 0 unspecified atom stereocenters. The van der Waals surface area contributed by atoms with E-state index in [0.717, 1.165) is 0 Å². The van der Waals surface area contributed by atoms with Crippen LogP contribution in [0.15, 0.2) is 0 Å². The number of carboxylic acid groups (broad SMARTS) is 1. The van der Waals surface area contributed by atoms with Gasteiger partial charge in [0.25, 0.3) is 0 Å². The van der Waals surface area contributed by atoms with Crippen molar-refractivity contribution in [2.24, 2.45) is 0 Å². The largest absolute Gasteiger partial charge is 0.475 e. The Labute approximate surface area is 55.9 Å². The minimum atomic E-state index is -1.18. The van der Waals surface area contributed by atoms with E-state index in [1.807, 2.05) is 0 Å². The Kier molecular flexibility index (Phi) is 1.22. The van der Waals surface area contributed by atoms with Gasteiger partial charge in [-0.1, -0.05) is 0 Å². The van der Waals surface area contributed by atoms with Crippen LogP contribution in [0, 0.1) is 0 Å². The summed E-state index contributed by atoms with van der Waals surface area (Å²) in [7, 11) is 0. The number of aromatic amines is 1. The van der Waals surface area contributed by atoms with E-state index in [4.69, 9.17) is 16.6 Å². The summed E-state index contributed by atoms with van der Waals surface area (Å²) in [6.07, 6.45) is 0. The van der Waals surface area contributed by atoms with Gasteiger partial charge >= 0.3 is 5.97 Å². The number of nitrogens with zero attached hydrogens (tertiary/aromatic N) is 1. The molecule has 1 heterocycles. The summed E-state index contributed by atoms with van der Waals surface area (Å²) < 4.78 is 0. The summed E-state index contributed by atoms with van der Waals surface area (Å²) >= 11 is 0. The summed E-state index contributed by atoms with van der Waals surface area (Å²) in [5.74, 6) is -1.33. The van der Waals surface area contributed by atoms with Crippen molar-refractivity contribution in [2.45, 2.75) is 0 Å². The number of imidazole rings is 1. The zero-order valence-corrected chi connectivity index (χ0v) is 4.96. The predicted molar refractivity (Wildman–Crippen MR) is 34.4 cm³/mol. The molecule has 6 N–H and O–H groups in total. The SMILES string of the molecule is Nc1nc(C(=O)O)[nH]c1N. The number of rotatable bonds is 1. The summed E-state index contributed by atoms with van der Waals surface area (Å²) in [5, 5.41) is 8.32. The molecule has 1 rings (SSSR count). The Bertz CT molecular complexity index is 247. The Hall–Kier alpha value is -1.72. The smallest absolute Gasteiger partial charge is 0.372 e. The Morgan fingerprint density at radius 2 is 2.20 bits per heavy atom. The summed E-state index contributed by atoms with van der Waals surface area (Å²) in [4.78, 5) is 15.9. The zero-order chi connectivity index (χ0) is 7.72. The maximum absolute atomic E-state index is 10.2. The van der Waals surface area contributed by atoms with Crippen LogP contribution < -0.4 is 11.5 Å². The summed E-state index contributed by atoms with van der Waals surface area (Å²) in [6.45, 7) is 0. The number of anilines is 2. The number of carbonyl (C=O) groups is 1. The normalized spacial score (nSPS) is 9.60. The van der Waals surface area contributed by atoms with Crippen molar-refractivity contribution >= 4 is 17.6 Å². The van der Waals surface area contributed by atoms with Crippen molar-refractivity contribution in [1.82, 2.24) is 9.97 Å². The maximum atomic E-state index is 10.2. The third-order valence-electron chi connectivity index (χ3n) is 0.964. The van der Waals surface area contributed by atoms with Gasteiger partial charge in [-0.2, -0.15) is 0 Å². The van der Waals surface area contributed by atoms with Gasteiger partial charge in [-0.25, -0.2) is 9.78 Å². The van der Waals surface area contributed by atoms with Gasteiger partial charge < -0.3 is 21.6 Å². The highest BCUT2D eigenvalue weighted by Crippen LogP contribution is 2.08. The Balaban J connectivity index is 3.10. The number of aromatic nitrogens is 2. The summed E-state index contributed by atoms with van der Waals surface area (Å²) in [5.41, 5.74) is 10.3. The number of hydrogen-bond acceptors (Lipinski definition) is 4. The first-order chi connectivity index (χ1) is 4.61. The second-order valence-electron chi connectivity index (χ2n) is 1.69. The lowest BCUT2D eigenvalue weighted by Gasteiger charge is -1.81. The third kappa shape index (κ3) is 0.859. The fourth-order valence-electron chi connectivity index (χ4n) is 0.502. The van der Waals surface area contributed by atoms with E-state index in [2.05, 4.69) is 9.97 Å². The molecule has 0 bridgehead atoms. The molecule has 0 spiro atoms. The molecule has 0 saturated carbocycles. The van der Waals surface area contributed by atoms with E-state index >= 15 is 0 Å². The lowest BCUT2D eigenvalue weighted by molar-refractivity contribution is 0.0685. The highest BCUT2D eigenvalue weighted by molar-refractivity contribution is 5.85. The molecule has 0 atom stereocenters. The number of nitrogens with two attached hydrogens (primary N) is 2. The van der Waals surface area contributed by atoms with Gasteiger partial charge in [0.15, 0.2) is 5.82 Å². The molecule has 0 saturated heterocycles. The molecule has 0 aliphatic rings. The lowest BCUT2D eigenvalue weighted by Crippen LogP contribution is -1.98. The van der Waals surface area contributed by atoms with Crippen LogP contribution in [0.3, 0.4) is 0 Å². The van der Waals surface area contributed by atoms with Crippen LogP contribution in [0.4, 0.5) is 11.6 Å². The van der Waals surface area contributed by atoms with Gasteiger partial charge in [0.2, 0.25) is 5.82 Å². The molecule has 0 radical (unpaired) electrons. The molecular weight excluding hydrogens is 136 g/mol. The highest BCUT2D eigenvalue weighted by atomic mass is 16.4. The highest BCUT2D eigenvalue weighted by Gasteiger charge is 2.09. The number of nitrogen functional groups attached to an aromatic ring is 2. The van der Waals surface area contributed by atoms with Crippen LogP contribution in [0.25, 0.3) is 0 Å². The molecule has 10 heavy (non-hydrogen) atoms. The van der Waals surface area contributed by atoms with Crippen LogP contribution in [-0.4, -0.2) is 21.0 Å². The van der Waals surface area contributed by atoms with Crippen molar-refractivity contribution in [3.63, 3.8) is 0 Å². The molecule has 0 aliphatic carbocycles. The van der Waals surface area contributed by atoms with Crippen LogP contribution in [-0.2, 0) is 0 Å². The molecule has 54 valence electrons. The van der Waals surface area contributed by atoms with E-state index in [-0.39, 0.29) is 17.5 Å². The first-order valence-electron chi connectivity index (χ1n) is 2.45. The van der Waals surface area contributed by atoms with Crippen LogP contribution in [0.1, 0.15) is 10.6 Å². The first kappa shape index (κ1) is 6.40. The number of H-pyrrole nitrogens is 1. The Morgan fingerprint density at radius 1 is 1.60 bits per heavy atom. The first-order valence-corrected chi connectivity index (χ1v) is 2.45. The average Bonchev–Trinajstić information content (AvgIpc) is 2.13. The molecule has 1 aromatic heterocycles. The van der Waals surface area contributed by atoms with Gasteiger partial charge in [-0.05, 0) is 0 Å². The minimum Gasteiger partial charge on any atom is -0.475 e. The van der Waals surface area contributed by atoms with Crippen molar-refractivity contribution < 1.29 is 9.90 Å². The Morgan fingerprint density at radius 3 is 2.40 bits per heavy atom. The van der Waals surface area contributed by atoms with Gasteiger partial charge in [0.05, 0.1) is 0 Å². The van der Waals surface area contributed by atoms with Crippen LogP contribution in [0.5, 0.6) is 0 Å². The molecule has 0 amide bonds. The monoisotopic (exact) mass is 142 g/mol. The number of aromatic carboxylic acids is 1. The second-order valence-corrected chi connectivity index (χ2v) is 1.69. The van der Waals surface area contributed by atoms with Crippen molar-refractivity contribution in [3.05, 3.63) is 5.82 Å². The van der Waals surface area contributed by atoms with Crippen LogP contribution in [0.2, 0.25) is 0 Å². The van der Waals surface area contributed by atoms with Gasteiger partial charge in [0.1, 0.15) is 5.82 Å². The van der Waals surface area contributed by atoms with Gasteiger partial charge in [-0.15, -0.1) is 0 Å². The number of hydrogen-bond donors (Lipinski definition) is 4. The van der Waals surface area contributed by atoms with Crippen molar-refractivity contribution in [3.8, 4) is 0 Å². The van der Waals surface area contributed by atoms with Gasteiger partial charge in [0, 0.05) is 0 Å². The molecule has 6 nitrogen and oxygen atoms in total. The van der Waals surface area contributed by atoms with E-state index in [1.54, 1.807) is 0 Å². The molecular formula is C4H6N4O2. The number of nitrogens with one attached hydrogen (secondary N) is 1. The van der Waals surface area contributed by atoms with E-state index < -0.39 is 5.97 Å². The summed E-state index contributed by atoms with van der Waals surface area (Å²) in [6, 6.07) is 0. The van der Waals surface area contributed by atoms with E-state index in [0.29, 0.717) is 0 Å². The fraction of sp³-hybridized carbons (Fsp3) is 0. The predicted octanol–water partition coefficient (Wildman–Crippen LogP) is -0.728. The minimum absolute atomic E-state index is 0.0115. The van der Waals surface area contributed by atoms with E-state index in [9.17, 15) is 4.79 Å². The molecule has 0 aromatic carbocycles. The van der Waals surface area contributed by atoms with Crippen molar-refractivity contribution in [1.29, 1.82) is 0 Å². The maximum Gasteiger partial charge on any atom is 0.372 e. The average molecular weight is 142 g/mol. The molecule has 1 aromatic rings. The molecule has 0 fully saturated rings. The topological polar surface area (TPSA) is 118 Å². The van der Waals surface area contributed by atoms with Crippen LogP contribution >= 0.6 is 0 Å². The quantitative estimate of drug-likeness (QED) is 0.412. The lowest BCUT2D eigenvalue weighted by atomic mass is 10.6. The zero-order valence-electron chi connectivity index (χ0n) is 4.96. The van der Waals surface area contributed by atoms with Gasteiger partial charge in [-0.3, -0.25) is 0 Å². The standard InChI is InChI=1S/C4H6N4O2/c5-1-2(6)8-3(7-1)4(9)10/h5-6H2,(H,7,8)(H,9,10). The molecule has 0 aliphatic heterocycles. The number of carboxylic acids is 1. The third-order valence-corrected chi connectivity index (χ3v) is 0.964.